The minimum absolute atomic E-state index is 0.251. The highest BCUT2D eigenvalue weighted by molar-refractivity contribution is 5.36. The number of piperidine rings is 1. The summed E-state index contributed by atoms with van der Waals surface area (Å²) >= 11 is 0. The van der Waals surface area contributed by atoms with Gasteiger partial charge in [-0.3, -0.25) is 0 Å². The van der Waals surface area contributed by atoms with Crippen LogP contribution >= 0.6 is 0 Å². The van der Waals surface area contributed by atoms with Crippen molar-refractivity contribution in [3.8, 4) is 5.75 Å². The average molecular weight is 307 g/mol. The van der Waals surface area contributed by atoms with Gasteiger partial charge in [-0.15, -0.1) is 0 Å². The van der Waals surface area contributed by atoms with Crippen molar-refractivity contribution in [2.75, 3.05) is 0 Å². The summed E-state index contributed by atoms with van der Waals surface area (Å²) in [4.78, 5) is 0. The lowest BCUT2D eigenvalue weighted by molar-refractivity contribution is 0.148. The van der Waals surface area contributed by atoms with Crippen molar-refractivity contribution in [3.05, 3.63) is 65.7 Å². The molecule has 2 fully saturated rings. The number of hydrogen-bond donors (Lipinski definition) is 2. The number of rotatable bonds is 2. The van der Waals surface area contributed by atoms with Crippen molar-refractivity contribution >= 4 is 0 Å². The molecule has 1 aliphatic heterocycles. The zero-order chi connectivity index (χ0) is 15.6. The number of para-hydroxylation sites is 1. The van der Waals surface area contributed by atoms with Crippen LogP contribution in [-0.2, 0) is 0 Å². The van der Waals surface area contributed by atoms with Gasteiger partial charge < -0.3 is 10.4 Å². The lowest BCUT2D eigenvalue weighted by atomic mass is 9.68. The second-order valence-corrected chi connectivity index (χ2v) is 7.09. The van der Waals surface area contributed by atoms with E-state index in [0.29, 0.717) is 17.7 Å². The monoisotopic (exact) mass is 307 g/mol. The minimum atomic E-state index is 0.251. The molecule has 0 spiro atoms. The highest BCUT2D eigenvalue weighted by Gasteiger charge is 2.40. The lowest BCUT2D eigenvalue weighted by Gasteiger charge is -2.46. The van der Waals surface area contributed by atoms with Crippen LogP contribution in [0.3, 0.4) is 0 Å². The van der Waals surface area contributed by atoms with E-state index in [1.165, 1.54) is 31.2 Å². The first-order chi connectivity index (χ1) is 11.3. The van der Waals surface area contributed by atoms with Crippen LogP contribution in [0.5, 0.6) is 5.75 Å². The van der Waals surface area contributed by atoms with Gasteiger partial charge in [-0.1, -0.05) is 61.4 Å². The maximum absolute atomic E-state index is 10.3. The van der Waals surface area contributed by atoms with Gasteiger partial charge >= 0.3 is 0 Å². The van der Waals surface area contributed by atoms with E-state index in [1.54, 1.807) is 0 Å². The van der Waals surface area contributed by atoms with Gasteiger partial charge in [-0.25, -0.2) is 0 Å². The second-order valence-electron chi connectivity index (χ2n) is 7.09. The molecule has 23 heavy (non-hydrogen) atoms. The predicted octanol–water partition coefficient (Wildman–Crippen LogP) is 4.77. The van der Waals surface area contributed by atoms with Gasteiger partial charge in [0.15, 0.2) is 0 Å². The minimum Gasteiger partial charge on any atom is -0.508 e. The van der Waals surface area contributed by atoms with Gasteiger partial charge in [0, 0.05) is 17.6 Å². The van der Waals surface area contributed by atoms with Crippen molar-refractivity contribution in [3.63, 3.8) is 0 Å². The average Bonchev–Trinajstić information content (AvgIpc) is 2.62. The third-order valence-corrected chi connectivity index (χ3v) is 5.78. The molecule has 2 N–H and O–H groups in total. The zero-order valence-electron chi connectivity index (χ0n) is 13.5. The Balaban J connectivity index is 1.68. The van der Waals surface area contributed by atoms with Gasteiger partial charge in [-0.05, 0) is 42.7 Å². The van der Waals surface area contributed by atoms with Crippen LogP contribution in [-0.4, -0.2) is 11.1 Å². The molecule has 2 heteroatoms. The Morgan fingerprint density at radius 1 is 0.870 bits per heavy atom. The van der Waals surface area contributed by atoms with E-state index >= 15 is 0 Å². The molecule has 0 unspecified atom stereocenters. The van der Waals surface area contributed by atoms with E-state index in [1.807, 2.05) is 18.2 Å². The fourth-order valence-electron chi connectivity index (χ4n) is 4.69. The number of nitrogens with one attached hydrogen (secondary N) is 1. The van der Waals surface area contributed by atoms with Gasteiger partial charge in [0.2, 0.25) is 0 Å². The quantitative estimate of drug-likeness (QED) is 0.837. The van der Waals surface area contributed by atoms with Crippen molar-refractivity contribution in [2.24, 2.45) is 5.92 Å². The standard InChI is InChI=1S/C21H25NO/c23-21-13-7-5-11-17(21)20-14-18(15-8-2-1-3-9-15)16-10-4-6-12-19(16)22-20/h1-3,5,7-9,11,13,16,18-20,22-23H,4,6,10,12,14H2/t16-,18+,19-,20-/m1/s1. The zero-order valence-corrected chi connectivity index (χ0v) is 13.5. The fourth-order valence-corrected chi connectivity index (χ4v) is 4.69. The summed E-state index contributed by atoms with van der Waals surface area (Å²) in [6.07, 6.45) is 6.34. The first kappa shape index (κ1) is 14.8. The van der Waals surface area contributed by atoms with E-state index < -0.39 is 0 Å². The molecule has 1 saturated carbocycles. The molecule has 1 aliphatic carbocycles. The molecule has 4 rings (SSSR count). The van der Waals surface area contributed by atoms with Crippen LogP contribution in [0.2, 0.25) is 0 Å². The first-order valence-electron chi connectivity index (χ1n) is 8.92. The molecule has 2 aromatic rings. The Labute approximate surface area is 138 Å². The van der Waals surface area contributed by atoms with Gasteiger partial charge in [-0.2, -0.15) is 0 Å². The van der Waals surface area contributed by atoms with Crippen LogP contribution in [0.4, 0.5) is 0 Å². The number of benzene rings is 2. The van der Waals surface area contributed by atoms with Crippen LogP contribution in [0.1, 0.15) is 55.2 Å². The molecule has 120 valence electrons. The van der Waals surface area contributed by atoms with Crippen molar-refractivity contribution in [1.29, 1.82) is 0 Å². The van der Waals surface area contributed by atoms with Crippen molar-refractivity contribution in [2.45, 2.75) is 50.1 Å². The molecule has 2 aromatic carbocycles. The van der Waals surface area contributed by atoms with Crippen LogP contribution in [0.15, 0.2) is 54.6 Å². The Kier molecular flexibility index (Phi) is 4.09. The molecule has 0 amide bonds. The first-order valence-corrected chi connectivity index (χ1v) is 8.92. The Bertz CT molecular complexity index is 654. The highest BCUT2D eigenvalue weighted by atomic mass is 16.3. The molecular weight excluding hydrogens is 282 g/mol. The van der Waals surface area contributed by atoms with Crippen LogP contribution in [0.25, 0.3) is 0 Å². The maximum Gasteiger partial charge on any atom is 0.120 e. The summed E-state index contributed by atoms with van der Waals surface area (Å²) in [6, 6.07) is 19.6. The normalized spacial score (nSPS) is 30.6. The fraction of sp³-hybridized carbons (Fsp3) is 0.429. The van der Waals surface area contributed by atoms with Gasteiger partial charge in [0.25, 0.3) is 0 Å². The Morgan fingerprint density at radius 2 is 1.61 bits per heavy atom. The van der Waals surface area contributed by atoms with Gasteiger partial charge in [0.05, 0.1) is 0 Å². The summed E-state index contributed by atoms with van der Waals surface area (Å²) in [7, 11) is 0. The topological polar surface area (TPSA) is 32.3 Å². The maximum atomic E-state index is 10.3. The number of phenolic OH excluding ortho intramolecular Hbond substituents is 1. The predicted molar refractivity (Wildman–Crippen MR) is 93.5 cm³/mol. The molecule has 0 bridgehead atoms. The summed E-state index contributed by atoms with van der Waals surface area (Å²) in [5.41, 5.74) is 2.52. The van der Waals surface area contributed by atoms with Crippen molar-refractivity contribution in [1.82, 2.24) is 5.32 Å². The van der Waals surface area contributed by atoms with Crippen LogP contribution in [0, 0.1) is 5.92 Å². The number of fused-ring (bicyclic) bond motifs is 1. The summed E-state index contributed by atoms with van der Waals surface area (Å²) in [5.74, 6) is 1.74. The molecule has 0 aromatic heterocycles. The number of hydrogen-bond acceptors (Lipinski definition) is 2. The molecule has 1 heterocycles. The van der Waals surface area contributed by atoms with E-state index in [0.717, 1.165) is 17.9 Å². The smallest absolute Gasteiger partial charge is 0.120 e. The molecule has 4 atom stereocenters. The third-order valence-electron chi connectivity index (χ3n) is 5.78. The van der Waals surface area contributed by atoms with E-state index in [4.69, 9.17) is 0 Å². The summed E-state index contributed by atoms with van der Waals surface area (Å²) < 4.78 is 0. The third kappa shape index (κ3) is 2.88. The van der Waals surface area contributed by atoms with E-state index in [9.17, 15) is 5.11 Å². The number of aromatic hydroxyl groups is 1. The Hall–Kier alpha value is -1.80. The largest absolute Gasteiger partial charge is 0.508 e. The Morgan fingerprint density at radius 3 is 2.43 bits per heavy atom. The highest BCUT2D eigenvalue weighted by Crippen LogP contribution is 2.46. The summed E-state index contributed by atoms with van der Waals surface area (Å²) in [6.45, 7) is 0. The summed E-state index contributed by atoms with van der Waals surface area (Å²) in [5, 5.41) is 14.1. The van der Waals surface area contributed by atoms with Gasteiger partial charge in [0.1, 0.15) is 5.75 Å². The van der Waals surface area contributed by atoms with Crippen molar-refractivity contribution < 1.29 is 5.11 Å². The molecule has 2 nitrogen and oxygen atoms in total. The lowest BCUT2D eigenvalue weighted by Crippen LogP contribution is -2.48. The molecule has 0 radical (unpaired) electrons. The molecule has 2 aliphatic rings. The molecule has 1 saturated heterocycles. The van der Waals surface area contributed by atoms with E-state index in [2.05, 4.69) is 41.7 Å². The second kappa shape index (κ2) is 6.37. The number of phenols is 1. The van der Waals surface area contributed by atoms with Crippen LogP contribution < -0.4 is 5.32 Å². The van der Waals surface area contributed by atoms with E-state index in [-0.39, 0.29) is 6.04 Å². The molecular formula is C21H25NO. The SMILES string of the molecule is Oc1ccccc1[C@H]1C[C@@H](c2ccccc2)[C@H]2CCCC[C@H]2N1.